The van der Waals surface area contributed by atoms with Crippen LogP contribution in [0.25, 0.3) is 22.3 Å². The molecule has 1 atom stereocenters. The highest BCUT2D eigenvalue weighted by Crippen LogP contribution is 2.34. The maximum absolute atomic E-state index is 10.9. The summed E-state index contributed by atoms with van der Waals surface area (Å²) in [6.07, 6.45) is 4.38. The van der Waals surface area contributed by atoms with Crippen LogP contribution in [0.3, 0.4) is 0 Å². The second kappa shape index (κ2) is 8.73. The molecule has 2 N–H and O–H groups in total. The van der Waals surface area contributed by atoms with Crippen molar-refractivity contribution in [2.75, 3.05) is 5.73 Å². The molecule has 152 valence electrons. The molecular formula is C23H23N5O2. The molecule has 0 bridgehead atoms. The van der Waals surface area contributed by atoms with Crippen LogP contribution in [0.1, 0.15) is 32.2 Å². The second-order valence-corrected chi connectivity index (χ2v) is 7.00. The first-order valence-corrected chi connectivity index (χ1v) is 9.97. The van der Waals surface area contributed by atoms with E-state index in [4.69, 9.17) is 15.6 Å². The molecule has 0 spiro atoms. The molecule has 0 aliphatic carbocycles. The number of carbonyl (C=O) groups is 1. The smallest absolute Gasteiger partial charge is 0.164 e. The molecule has 0 amide bonds. The fourth-order valence-corrected chi connectivity index (χ4v) is 3.52. The van der Waals surface area contributed by atoms with E-state index in [2.05, 4.69) is 16.9 Å². The molecule has 0 aliphatic heterocycles. The van der Waals surface area contributed by atoms with Crippen molar-refractivity contribution in [1.29, 1.82) is 0 Å². The molecule has 7 nitrogen and oxygen atoms in total. The van der Waals surface area contributed by atoms with Gasteiger partial charge in [-0.1, -0.05) is 25.1 Å². The summed E-state index contributed by atoms with van der Waals surface area (Å²) in [5.41, 5.74) is 8.49. The lowest BCUT2D eigenvalue weighted by Gasteiger charge is -2.14. The number of hydrogen-bond acceptors (Lipinski definition) is 6. The summed E-state index contributed by atoms with van der Waals surface area (Å²) in [4.78, 5) is 19.5. The Labute approximate surface area is 174 Å². The van der Waals surface area contributed by atoms with Gasteiger partial charge >= 0.3 is 0 Å². The summed E-state index contributed by atoms with van der Waals surface area (Å²) in [7, 11) is 0. The van der Waals surface area contributed by atoms with Crippen molar-refractivity contribution >= 4 is 23.1 Å². The molecule has 0 fully saturated rings. The van der Waals surface area contributed by atoms with Crippen LogP contribution in [0.2, 0.25) is 0 Å². The molecule has 2 heterocycles. The largest absolute Gasteiger partial charge is 0.457 e. The molecule has 30 heavy (non-hydrogen) atoms. The van der Waals surface area contributed by atoms with Gasteiger partial charge in [0.15, 0.2) is 5.65 Å². The van der Waals surface area contributed by atoms with Gasteiger partial charge in [0, 0.05) is 12.0 Å². The van der Waals surface area contributed by atoms with E-state index < -0.39 is 0 Å². The number of aldehydes is 1. The highest BCUT2D eigenvalue weighted by atomic mass is 16.5. The Balaban J connectivity index is 1.72. The number of rotatable bonds is 8. The third-order valence-electron chi connectivity index (χ3n) is 5.06. The van der Waals surface area contributed by atoms with Crippen molar-refractivity contribution < 1.29 is 9.53 Å². The monoisotopic (exact) mass is 401 g/mol. The maximum atomic E-state index is 10.9. The van der Waals surface area contributed by atoms with Crippen LogP contribution >= 0.6 is 0 Å². The van der Waals surface area contributed by atoms with Gasteiger partial charge in [-0.3, -0.25) is 0 Å². The molecule has 7 heteroatoms. The lowest BCUT2D eigenvalue weighted by atomic mass is 10.1. The minimum absolute atomic E-state index is 0.0569. The van der Waals surface area contributed by atoms with E-state index in [0.29, 0.717) is 24.3 Å². The van der Waals surface area contributed by atoms with E-state index in [9.17, 15) is 4.79 Å². The Hall–Kier alpha value is -3.74. The molecule has 4 aromatic rings. The van der Waals surface area contributed by atoms with Gasteiger partial charge in [0.25, 0.3) is 0 Å². The fourth-order valence-electron chi connectivity index (χ4n) is 3.52. The quantitative estimate of drug-likeness (QED) is 0.426. The van der Waals surface area contributed by atoms with Crippen molar-refractivity contribution in [1.82, 2.24) is 19.7 Å². The zero-order chi connectivity index (χ0) is 20.9. The Morgan fingerprint density at radius 3 is 2.50 bits per heavy atom. The number of carbonyl (C=O) groups excluding carboxylic acids is 1. The highest BCUT2D eigenvalue weighted by Gasteiger charge is 2.21. The summed E-state index contributed by atoms with van der Waals surface area (Å²) in [6, 6.07) is 17.4. The van der Waals surface area contributed by atoms with Crippen molar-refractivity contribution in [3.63, 3.8) is 0 Å². The van der Waals surface area contributed by atoms with Crippen LogP contribution in [0.15, 0.2) is 60.9 Å². The first-order chi connectivity index (χ1) is 14.7. The average Bonchev–Trinajstić information content (AvgIpc) is 3.17. The molecule has 0 radical (unpaired) electrons. The lowest BCUT2D eigenvalue weighted by molar-refractivity contribution is -0.108. The molecule has 2 aromatic heterocycles. The number of ether oxygens (including phenoxy) is 1. The number of nitrogens with zero attached hydrogens (tertiary/aromatic N) is 4. The van der Waals surface area contributed by atoms with E-state index >= 15 is 0 Å². The van der Waals surface area contributed by atoms with Crippen LogP contribution in [0, 0.1) is 0 Å². The number of hydrogen-bond donors (Lipinski definition) is 1. The molecule has 0 saturated heterocycles. The summed E-state index contributed by atoms with van der Waals surface area (Å²) in [5, 5.41) is 5.56. The Kier molecular flexibility index (Phi) is 5.70. The Morgan fingerprint density at radius 1 is 1.07 bits per heavy atom. The summed E-state index contributed by atoms with van der Waals surface area (Å²) in [6.45, 7) is 2.07. The van der Waals surface area contributed by atoms with E-state index in [-0.39, 0.29) is 6.04 Å². The summed E-state index contributed by atoms with van der Waals surface area (Å²) < 4.78 is 7.75. The van der Waals surface area contributed by atoms with Gasteiger partial charge in [0.05, 0.1) is 11.4 Å². The van der Waals surface area contributed by atoms with Crippen LogP contribution in [-0.2, 0) is 4.79 Å². The number of fused-ring (bicyclic) bond motifs is 1. The third kappa shape index (κ3) is 3.87. The molecule has 2 aromatic carbocycles. The zero-order valence-electron chi connectivity index (χ0n) is 16.7. The molecule has 0 saturated carbocycles. The van der Waals surface area contributed by atoms with E-state index in [1.807, 2.05) is 59.3 Å². The van der Waals surface area contributed by atoms with Crippen LogP contribution < -0.4 is 10.5 Å². The van der Waals surface area contributed by atoms with E-state index in [1.165, 1.54) is 6.33 Å². The number of benzene rings is 2. The van der Waals surface area contributed by atoms with Gasteiger partial charge in [0.2, 0.25) is 0 Å². The SMILES string of the molecule is CCC(CCC=O)n1nc(-c2ccc(Oc3ccccc3)cc2)c2c(N)ncnc21. The van der Waals surface area contributed by atoms with Crippen molar-refractivity contribution in [2.45, 2.75) is 32.2 Å². The van der Waals surface area contributed by atoms with E-state index in [0.717, 1.165) is 40.8 Å². The summed E-state index contributed by atoms with van der Waals surface area (Å²) >= 11 is 0. The second-order valence-electron chi connectivity index (χ2n) is 7.00. The zero-order valence-corrected chi connectivity index (χ0v) is 16.7. The first-order valence-electron chi connectivity index (χ1n) is 9.97. The fraction of sp³-hybridized carbons (Fsp3) is 0.217. The molecule has 1 unspecified atom stereocenters. The van der Waals surface area contributed by atoms with Crippen molar-refractivity contribution in [3.05, 3.63) is 60.9 Å². The highest BCUT2D eigenvalue weighted by molar-refractivity contribution is 5.98. The Bertz CT molecular complexity index is 1140. The minimum Gasteiger partial charge on any atom is -0.457 e. The number of aromatic nitrogens is 4. The number of para-hydroxylation sites is 1. The third-order valence-corrected chi connectivity index (χ3v) is 5.06. The normalized spacial score (nSPS) is 12.0. The number of anilines is 1. The minimum atomic E-state index is 0.0569. The van der Waals surface area contributed by atoms with Crippen LogP contribution in [0.5, 0.6) is 11.5 Å². The standard InChI is InChI=1S/C23H23N5O2/c1-2-17(7-6-14-29)28-23-20(22(24)25-15-26-23)21(27-28)16-10-12-19(13-11-16)30-18-8-4-3-5-9-18/h3-5,8-15,17H,2,6-7H2,1H3,(H2,24,25,26). The predicted octanol–water partition coefficient (Wildman–Crippen LogP) is 4.80. The van der Waals surface area contributed by atoms with Crippen molar-refractivity contribution in [3.8, 4) is 22.8 Å². The first kappa shape index (κ1) is 19.6. The van der Waals surface area contributed by atoms with Gasteiger partial charge in [-0.15, -0.1) is 0 Å². The topological polar surface area (TPSA) is 95.9 Å². The van der Waals surface area contributed by atoms with Gasteiger partial charge in [-0.05, 0) is 49.2 Å². The Morgan fingerprint density at radius 2 is 1.80 bits per heavy atom. The van der Waals surface area contributed by atoms with Gasteiger partial charge in [-0.2, -0.15) is 5.10 Å². The predicted molar refractivity (Wildman–Crippen MR) is 116 cm³/mol. The number of nitrogens with two attached hydrogens (primary N) is 1. The van der Waals surface area contributed by atoms with Gasteiger partial charge in [-0.25, -0.2) is 14.6 Å². The van der Waals surface area contributed by atoms with Gasteiger partial charge < -0.3 is 15.3 Å². The maximum Gasteiger partial charge on any atom is 0.164 e. The lowest BCUT2D eigenvalue weighted by Crippen LogP contribution is -2.11. The molecule has 4 rings (SSSR count). The van der Waals surface area contributed by atoms with Crippen LogP contribution in [-0.4, -0.2) is 26.0 Å². The van der Waals surface area contributed by atoms with Crippen molar-refractivity contribution in [2.24, 2.45) is 0 Å². The molecule has 0 aliphatic rings. The number of nitrogen functional groups attached to an aromatic ring is 1. The van der Waals surface area contributed by atoms with Gasteiger partial charge in [0.1, 0.15) is 35.6 Å². The summed E-state index contributed by atoms with van der Waals surface area (Å²) in [5.74, 6) is 1.89. The average molecular weight is 401 g/mol. The van der Waals surface area contributed by atoms with Crippen LogP contribution in [0.4, 0.5) is 5.82 Å². The molecular weight excluding hydrogens is 378 g/mol. The van der Waals surface area contributed by atoms with E-state index in [1.54, 1.807) is 0 Å².